The minimum atomic E-state index is -4.42. The number of fused-ring (bicyclic) bond motifs is 1. The Bertz CT molecular complexity index is 941. The van der Waals surface area contributed by atoms with Gasteiger partial charge in [-0.3, -0.25) is 0 Å². The molecule has 0 saturated carbocycles. The van der Waals surface area contributed by atoms with Gasteiger partial charge in [-0.2, -0.15) is 13.2 Å². The van der Waals surface area contributed by atoms with Gasteiger partial charge in [0.25, 0.3) is 0 Å². The highest BCUT2D eigenvalue weighted by molar-refractivity contribution is 5.96. The third-order valence-electron chi connectivity index (χ3n) is 4.17. The van der Waals surface area contributed by atoms with E-state index in [9.17, 15) is 18.0 Å². The summed E-state index contributed by atoms with van der Waals surface area (Å²) in [5.41, 5.74) is 2.87. The minimum absolute atomic E-state index is 0.216. The van der Waals surface area contributed by atoms with Gasteiger partial charge in [-0.05, 0) is 55.3 Å². The summed E-state index contributed by atoms with van der Waals surface area (Å²) in [4.78, 5) is 15.4. The van der Waals surface area contributed by atoms with Gasteiger partial charge in [-0.25, -0.2) is 4.79 Å². The van der Waals surface area contributed by atoms with Gasteiger partial charge in [-0.15, -0.1) is 0 Å². The van der Waals surface area contributed by atoms with Crippen LogP contribution in [0.15, 0.2) is 42.5 Å². The van der Waals surface area contributed by atoms with Crippen LogP contribution in [0.2, 0.25) is 0 Å². The van der Waals surface area contributed by atoms with Crippen LogP contribution in [0.4, 0.5) is 13.2 Å². The van der Waals surface area contributed by atoms with Gasteiger partial charge in [0.1, 0.15) is 6.61 Å². The van der Waals surface area contributed by atoms with Gasteiger partial charge in [-0.1, -0.05) is 12.1 Å². The molecule has 25 heavy (non-hydrogen) atoms. The maximum absolute atomic E-state index is 12.7. The van der Waals surface area contributed by atoms with Crippen LogP contribution in [-0.4, -0.2) is 11.0 Å². The number of carbonyl (C=O) groups excluding carboxylic acids is 1. The van der Waals surface area contributed by atoms with Crippen LogP contribution in [0.5, 0.6) is 0 Å². The van der Waals surface area contributed by atoms with Gasteiger partial charge in [0, 0.05) is 16.6 Å². The Morgan fingerprint density at radius 3 is 2.60 bits per heavy atom. The van der Waals surface area contributed by atoms with E-state index in [1.807, 2.05) is 13.8 Å². The Hall–Kier alpha value is -2.76. The average Bonchev–Trinajstić information content (AvgIpc) is 2.86. The number of alkyl halides is 3. The quantitative estimate of drug-likeness (QED) is 0.665. The second-order valence-corrected chi connectivity index (χ2v) is 5.91. The summed E-state index contributed by atoms with van der Waals surface area (Å²) in [6.45, 7) is 3.68. The first-order valence-corrected chi connectivity index (χ1v) is 7.68. The molecule has 0 aliphatic carbocycles. The molecule has 0 amide bonds. The van der Waals surface area contributed by atoms with Crippen LogP contribution in [0.25, 0.3) is 10.9 Å². The summed E-state index contributed by atoms with van der Waals surface area (Å²) in [7, 11) is 0. The third-order valence-corrected chi connectivity index (χ3v) is 4.17. The number of carbonyl (C=O) groups is 1. The SMILES string of the molecule is Cc1[nH]c2ccc(C(=O)OCc3cccc(C(F)(F)F)c3)cc2c1C. The molecule has 0 bridgehead atoms. The lowest BCUT2D eigenvalue weighted by Crippen LogP contribution is -2.08. The van der Waals surface area contributed by atoms with Crippen LogP contribution in [0.1, 0.15) is 32.7 Å². The maximum Gasteiger partial charge on any atom is 0.416 e. The lowest BCUT2D eigenvalue weighted by Gasteiger charge is -2.09. The van der Waals surface area contributed by atoms with Gasteiger partial charge in [0.05, 0.1) is 11.1 Å². The van der Waals surface area contributed by atoms with Crippen molar-refractivity contribution in [1.82, 2.24) is 4.98 Å². The zero-order chi connectivity index (χ0) is 18.2. The Morgan fingerprint density at radius 1 is 1.12 bits per heavy atom. The number of esters is 1. The number of aromatic amines is 1. The maximum atomic E-state index is 12.7. The van der Waals surface area contributed by atoms with Crippen LogP contribution in [0, 0.1) is 13.8 Å². The molecule has 1 heterocycles. The molecule has 2 aromatic carbocycles. The Morgan fingerprint density at radius 2 is 1.88 bits per heavy atom. The lowest BCUT2D eigenvalue weighted by atomic mass is 10.1. The summed E-state index contributed by atoms with van der Waals surface area (Å²) < 4.78 is 43.3. The van der Waals surface area contributed by atoms with Crippen molar-refractivity contribution in [1.29, 1.82) is 0 Å². The topological polar surface area (TPSA) is 42.1 Å². The molecule has 0 saturated heterocycles. The molecule has 3 nitrogen and oxygen atoms in total. The first-order valence-electron chi connectivity index (χ1n) is 7.68. The molecule has 130 valence electrons. The largest absolute Gasteiger partial charge is 0.457 e. The molecule has 3 rings (SSSR count). The fourth-order valence-electron chi connectivity index (χ4n) is 2.66. The van der Waals surface area contributed by atoms with E-state index in [1.165, 1.54) is 12.1 Å². The van der Waals surface area contributed by atoms with Crippen LogP contribution in [0.3, 0.4) is 0 Å². The highest BCUT2D eigenvalue weighted by atomic mass is 19.4. The molecule has 1 N–H and O–H groups in total. The molecule has 1 aromatic heterocycles. The summed E-state index contributed by atoms with van der Waals surface area (Å²) in [5.74, 6) is -0.572. The molecule has 0 spiro atoms. The van der Waals surface area contributed by atoms with E-state index in [0.717, 1.165) is 34.3 Å². The zero-order valence-electron chi connectivity index (χ0n) is 13.7. The molecule has 6 heteroatoms. The van der Waals surface area contributed by atoms with Crippen molar-refractivity contribution >= 4 is 16.9 Å². The second-order valence-electron chi connectivity index (χ2n) is 5.91. The van der Waals surface area contributed by atoms with E-state index >= 15 is 0 Å². The second kappa shape index (κ2) is 6.27. The number of rotatable bonds is 3. The molecule has 0 unspecified atom stereocenters. The molecule has 3 aromatic rings. The van der Waals surface area contributed by atoms with Crippen molar-refractivity contribution in [3.8, 4) is 0 Å². The predicted molar refractivity (Wildman–Crippen MR) is 88.3 cm³/mol. The van der Waals surface area contributed by atoms with E-state index < -0.39 is 17.7 Å². The van der Waals surface area contributed by atoms with E-state index in [4.69, 9.17) is 4.74 Å². The van der Waals surface area contributed by atoms with Gasteiger partial charge in [0.2, 0.25) is 0 Å². The number of aromatic nitrogens is 1. The van der Waals surface area contributed by atoms with E-state index in [1.54, 1.807) is 18.2 Å². The number of ether oxygens (including phenoxy) is 1. The molecular formula is C19H16F3NO2. The van der Waals surface area contributed by atoms with Crippen molar-refractivity contribution < 1.29 is 22.7 Å². The smallest absolute Gasteiger partial charge is 0.416 e. The molecule has 0 atom stereocenters. The van der Waals surface area contributed by atoms with Crippen molar-refractivity contribution in [3.63, 3.8) is 0 Å². The number of aryl methyl sites for hydroxylation is 2. The summed E-state index contributed by atoms with van der Waals surface area (Å²) in [6, 6.07) is 9.90. The number of H-pyrrole nitrogens is 1. The van der Waals surface area contributed by atoms with E-state index in [2.05, 4.69) is 4.98 Å². The Balaban J connectivity index is 1.76. The highest BCUT2D eigenvalue weighted by Crippen LogP contribution is 2.29. The summed E-state index contributed by atoms with van der Waals surface area (Å²) in [5, 5.41) is 0.922. The number of benzene rings is 2. The van der Waals surface area contributed by atoms with Gasteiger partial charge in [0.15, 0.2) is 0 Å². The Kier molecular flexibility index (Phi) is 4.29. The molecule has 0 aliphatic rings. The number of hydrogen-bond acceptors (Lipinski definition) is 2. The first-order chi connectivity index (χ1) is 11.8. The summed E-state index contributed by atoms with van der Waals surface area (Å²) in [6.07, 6.45) is -4.42. The molecular weight excluding hydrogens is 331 g/mol. The highest BCUT2D eigenvalue weighted by Gasteiger charge is 2.30. The number of halogens is 3. The number of nitrogens with one attached hydrogen (secondary N) is 1. The van der Waals surface area contributed by atoms with E-state index in [-0.39, 0.29) is 12.2 Å². The standard InChI is InChI=1S/C19H16F3NO2/c1-11-12(2)23-17-7-6-14(9-16(11)17)18(24)25-10-13-4-3-5-15(8-13)19(20,21)22/h3-9,23H,10H2,1-2H3. The van der Waals surface area contributed by atoms with Crippen LogP contribution in [-0.2, 0) is 17.5 Å². The van der Waals surface area contributed by atoms with Gasteiger partial charge < -0.3 is 9.72 Å². The van der Waals surface area contributed by atoms with E-state index in [0.29, 0.717) is 5.56 Å². The zero-order valence-corrected chi connectivity index (χ0v) is 13.7. The summed E-state index contributed by atoms with van der Waals surface area (Å²) >= 11 is 0. The minimum Gasteiger partial charge on any atom is -0.457 e. The lowest BCUT2D eigenvalue weighted by molar-refractivity contribution is -0.137. The molecule has 0 fully saturated rings. The molecule has 0 radical (unpaired) electrons. The predicted octanol–water partition coefficient (Wildman–Crippen LogP) is 5.16. The fourth-order valence-corrected chi connectivity index (χ4v) is 2.66. The van der Waals surface area contributed by atoms with Crippen LogP contribution >= 0.6 is 0 Å². The number of hydrogen-bond donors (Lipinski definition) is 1. The Labute approximate surface area is 142 Å². The normalized spacial score (nSPS) is 11.7. The molecule has 0 aliphatic heterocycles. The average molecular weight is 347 g/mol. The fraction of sp³-hybridized carbons (Fsp3) is 0.211. The van der Waals surface area contributed by atoms with Crippen molar-refractivity contribution in [3.05, 3.63) is 70.4 Å². The first kappa shape index (κ1) is 17.1. The van der Waals surface area contributed by atoms with Crippen molar-refractivity contribution in [2.24, 2.45) is 0 Å². The third kappa shape index (κ3) is 3.52. The van der Waals surface area contributed by atoms with Crippen molar-refractivity contribution in [2.45, 2.75) is 26.6 Å². The van der Waals surface area contributed by atoms with Gasteiger partial charge >= 0.3 is 12.1 Å². The van der Waals surface area contributed by atoms with Crippen molar-refractivity contribution in [2.75, 3.05) is 0 Å². The monoisotopic (exact) mass is 347 g/mol. The van der Waals surface area contributed by atoms with Crippen LogP contribution < -0.4 is 0 Å².